The molecule has 0 fully saturated rings. The van der Waals surface area contributed by atoms with Crippen LogP contribution in [0.25, 0.3) is 10.8 Å². The van der Waals surface area contributed by atoms with E-state index in [-0.39, 0.29) is 0 Å². The maximum Gasteiger partial charge on any atom is 0.0466 e. The van der Waals surface area contributed by atoms with E-state index in [9.17, 15) is 0 Å². The molecule has 21 heavy (non-hydrogen) atoms. The molecule has 2 aromatic rings. The molecule has 0 aliphatic carbocycles. The third-order valence-corrected chi connectivity index (χ3v) is 3.80. The zero-order valence-electron chi connectivity index (χ0n) is 13.3. The lowest BCUT2D eigenvalue weighted by atomic mass is 9.98. The first kappa shape index (κ1) is 16.0. The minimum absolute atomic E-state index is 0.426. The average molecular weight is 285 g/mol. The minimum atomic E-state index is 0.426. The number of ether oxygens (including phenoxy) is 1. The molecule has 0 spiro atoms. The van der Waals surface area contributed by atoms with Gasteiger partial charge in [0.25, 0.3) is 0 Å². The van der Waals surface area contributed by atoms with E-state index in [2.05, 4.69) is 61.6 Å². The van der Waals surface area contributed by atoms with Crippen molar-refractivity contribution in [3.8, 4) is 0 Å². The number of hydrogen-bond acceptors (Lipinski definition) is 2. The SMILES string of the molecule is CCCNC(CCCOCC)c1ccc2ccccc2c1. The highest BCUT2D eigenvalue weighted by molar-refractivity contribution is 5.83. The minimum Gasteiger partial charge on any atom is -0.382 e. The van der Waals surface area contributed by atoms with Crippen molar-refractivity contribution in [2.45, 2.75) is 39.2 Å². The Morgan fingerprint density at radius 3 is 2.62 bits per heavy atom. The van der Waals surface area contributed by atoms with Crippen LogP contribution in [0.4, 0.5) is 0 Å². The Hall–Kier alpha value is -1.38. The zero-order valence-corrected chi connectivity index (χ0v) is 13.3. The quantitative estimate of drug-likeness (QED) is 0.674. The summed E-state index contributed by atoms with van der Waals surface area (Å²) in [4.78, 5) is 0. The molecule has 1 N–H and O–H groups in total. The molecule has 0 aliphatic heterocycles. The molecule has 2 nitrogen and oxygen atoms in total. The Bertz CT molecular complexity index is 538. The molecular formula is C19H27NO. The second-order valence-corrected chi connectivity index (χ2v) is 5.45. The molecule has 114 valence electrons. The van der Waals surface area contributed by atoms with Crippen molar-refractivity contribution in [1.82, 2.24) is 5.32 Å². The largest absolute Gasteiger partial charge is 0.382 e. The van der Waals surface area contributed by atoms with Gasteiger partial charge < -0.3 is 10.1 Å². The standard InChI is InChI=1S/C19H27NO/c1-3-13-20-19(10-7-14-21-4-2)18-12-11-16-8-5-6-9-17(16)15-18/h5-6,8-9,11-12,15,19-20H,3-4,7,10,13-14H2,1-2H3. The lowest BCUT2D eigenvalue weighted by molar-refractivity contribution is 0.141. The predicted octanol–water partition coefficient (Wildman–Crippen LogP) is 4.70. The van der Waals surface area contributed by atoms with E-state index in [1.807, 2.05) is 0 Å². The molecule has 2 heteroatoms. The first-order valence-corrected chi connectivity index (χ1v) is 8.15. The fraction of sp³-hybridized carbons (Fsp3) is 0.474. The molecule has 0 saturated heterocycles. The van der Waals surface area contributed by atoms with E-state index in [1.165, 1.54) is 16.3 Å². The summed E-state index contributed by atoms with van der Waals surface area (Å²) in [5, 5.41) is 6.30. The normalized spacial score (nSPS) is 12.7. The van der Waals surface area contributed by atoms with E-state index in [0.717, 1.165) is 39.0 Å². The number of hydrogen-bond donors (Lipinski definition) is 1. The average Bonchev–Trinajstić information content (AvgIpc) is 2.54. The highest BCUT2D eigenvalue weighted by Gasteiger charge is 2.10. The second kappa shape index (κ2) is 8.81. The highest BCUT2D eigenvalue weighted by atomic mass is 16.5. The molecule has 0 saturated carbocycles. The third kappa shape index (κ3) is 4.83. The van der Waals surface area contributed by atoms with Gasteiger partial charge in [-0.15, -0.1) is 0 Å². The second-order valence-electron chi connectivity index (χ2n) is 5.45. The van der Waals surface area contributed by atoms with Gasteiger partial charge in [0.2, 0.25) is 0 Å². The van der Waals surface area contributed by atoms with Gasteiger partial charge in [-0.25, -0.2) is 0 Å². The van der Waals surface area contributed by atoms with Gasteiger partial charge in [-0.05, 0) is 55.1 Å². The highest BCUT2D eigenvalue weighted by Crippen LogP contribution is 2.23. The van der Waals surface area contributed by atoms with Crippen molar-refractivity contribution in [2.75, 3.05) is 19.8 Å². The van der Waals surface area contributed by atoms with Crippen LogP contribution >= 0.6 is 0 Å². The molecule has 1 atom stereocenters. The lowest BCUT2D eigenvalue weighted by Crippen LogP contribution is -2.22. The maximum atomic E-state index is 5.47. The Balaban J connectivity index is 2.08. The van der Waals surface area contributed by atoms with E-state index in [1.54, 1.807) is 0 Å². The van der Waals surface area contributed by atoms with Gasteiger partial charge in [0.1, 0.15) is 0 Å². The molecule has 2 rings (SSSR count). The topological polar surface area (TPSA) is 21.3 Å². The van der Waals surface area contributed by atoms with E-state index >= 15 is 0 Å². The van der Waals surface area contributed by atoms with Crippen molar-refractivity contribution >= 4 is 10.8 Å². The van der Waals surface area contributed by atoms with Gasteiger partial charge in [-0.2, -0.15) is 0 Å². The predicted molar refractivity (Wildman–Crippen MR) is 90.7 cm³/mol. The van der Waals surface area contributed by atoms with Gasteiger partial charge >= 0.3 is 0 Å². The number of benzene rings is 2. The summed E-state index contributed by atoms with van der Waals surface area (Å²) in [6.07, 6.45) is 3.38. The summed E-state index contributed by atoms with van der Waals surface area (Å²) in [6, 6.07) is 15.8. The summed E-state index contributed by atoms with van der Waals surface area (Å²) < 4.78 is 5.47. The van der Waals surface area contributed by atoms with Crippen LogP contribution in [0.15, 0.2) is 42.5 Å². The monoisotopic (exact) mass is 285 g/mol. The maximum absolute atomic E-state index is 5.47. The van der Waals surface area contributed by atoms with Crippen LogP contribution < -0.4 is 5.32 Å². The molecular weight excluding hydrogens is 258 g/mol. The summed E-state index contributed by atoms with van der Waals surface area (Å²) in [5.41, 5.74) is 1.39. The first-order chi connectivity index (χ1) is 10.3. The molecule has 1 unspecified atom stereocenters. The zero-order chi connectivity index (χ0) is 14.9. The Labute approximate surface area is 128 Å². The van der Waals surface area contributed by atoms with Crippen molar-refractivity contribution in [3.63, 3.8) is 0 Å². The van der Waals surface area contributed by atoms with Crippen molar-refractivity contribution in [2.24, 2.45) is 0 Å². The van der Waals surface area contributed by atoms with Crippen LogP contribution in [-0.4, -0.2) is 19.8 Å². The van der Waals surface area contributed by atoms with Crippen LogP contribution in [-0.2, 0) is 4.74 Å². The lowest BCUT2D eigenvalue weighted by Gasteiger charge is -2.19. The van der Waals surface area contributed by atoms with Crippen molar-refractivity contribution in [3.05, 3.63) is 48.0 Å². The summed E-state index contributed by atoms with van der Waals surface area (Å²) in [5.74, 6) is 0. The van der Waals surface area contributed by atoms with Gasteiger partial charge in [-0.3, -0.25) is 0 Å². The Morgan fingerprint density at radius 1 is 1.05 bits per heavy atom. The summed E-state index contributed by atoms with van der Waals surface area (Å²) >= 11 is 0. The van der Waals surface area contributed by atoms with Gasteiger partial charge in [0.05, 0.1) is 0 Å². The van der Waals surface area contributed by atoms with Crippen molar-refractivity contribution in [1.29, 1.82) is 0 Å². The fourth-order valence-corrected chi connectivity index (χ4v) is 2.66. The number of rotatable bonds is 9. The van der Waals surface area contributed by atoms with Crippen LogP contribution in [0.2, 0.25) is 0 Å². The van der Waals surface area contributed by atoms with Gasteiger partial charge in [-0.1, -0.05) is 43.3 Å². The molecule has 0 bridgehead atoms. The van der Waals surface area contributed by atoms with E-state index in [4.69, 9.17) is 4.74 Å². The number of fused-ring (bicyclic) bond motifs is 1. The molecule has 2 aromatic carbocycles. The Kier molecular flexibility index (Phi) is 6.71. The summed E-state index contributed by atoms with van der Waals surface area (Å²) in [6.45, 7) is 6.99. The first-order valence-electron chi connectivity index (χ1n) is 8.15. The smallest absolute Gasteiger partial charge is 0.0466 e. The molecule has 0 aliphatic rings. The summed E-state index contributed by atoms with van der Waals surface area (Å²) in [7, 11) is 0. The third-order valence-electron chi connectivity index (χ3n) is 3.80. The van der Waals surface area contributed by atoms with Gasteiger partial charge in [0, 0.05) is 19.3 Å². The van der Waals surface area contributed by atoms with Gasteiger partial charge in [0.15, 0.2) is 0 Å². The molecule has 0 heterocycles. The van der Waals surface area contributed by atoms with Crippen molar-refractivity contribution < 1.29 is 4.74 Å². The molecule has 0 radical (unpaired) electrons. The van der Waals surface area contributed by atoms with Crippen LogP contribution in [0.3, 0.4) is 0 Å². The van der Waals surface area contributed by atoms with Crippen LogP contribution in [0, 0.1) is 0 Å². The van der Waals surface area contributed by atoms with Crippen LogP contribution in [0.1, 0.15) is 44.7 Å². The van der Waals surface area contributed by atoms with Crippen LogP contribution in [0.5, 0.6) is 0 Å². The molecule has 0 aromatic heterocycles. The van der Waals surface area contributed by atoms with E-state index < -0.39 is 0 Å². The fourth-order valence-electron chi connectivity index (χ4n) is 2.66. The number of nitrogens with one attached hydrogen (secondary N) is 1. The Morgan fingerprint density at radius 2 is 1.86 bits per heavy atom. The van der Waals surface area contributed by atoms with E-state index in [0.29, 0.717) is 6.04 Å². The molecule has 0 amide bonds.